The fraction of sp³-hybridized carbons (Fsp3) is 0.467. The molecule has 1 unspecified atom stereocenters. The summed E-state index contributed by atoms with van der Waals surface area (Å²) >= 11 is 0. The molecule has 0 bridgehead atoms. The summed E-state index contributed by atoms with van der Waals surface area (Å²) in [6.07, 6.45) is 1.45. The molecule has 0 saturated heterocycles. The fourth-order valence-corrected chi connectivity index (χ4v) is 1.94. The number of para-hydroxylation sites is 1. The topological polar surface area (TPSA) is 84.2 Å². The molecule has 0 aliphatic heterocycles. The van der Waals surface area contributed by atoms with Gasteiger partial charge in [-0.15, -0.1) is 0 Å². The SMILES string of the molecule is CCCC(N)C(=O)NCC(=O)Nc1c(C)cccc1C. The smallest absolute Gasteiger partial charge is 0.243 e. The van der Waals surface area contributed by atoms with Crippen LogP contribution in [0.4, 0.5) is 5.69 Å². The third kappa shape index (κ3) is 4.66. The number of carbonyl (C=O) groups excluding carboxylic acids is 2. The number of hydrogen-bond donors (Lipinski definition) is 3. The molecule has 0 aliphatic carbocycles. The molecule has 5 heteroatoms. The highest BCUT2D eigenvalue weighted by atomic mass is 16.2. The number of rotatable bonds is 6. The third-order valence-corrected chi connectivity index (χ3v) is 3.11. The quantitative estimate of drug-likeness (QED) is 0.736. The Bertz CT molecular complexity index is 466. The zero-order chi connectivity index (χ0) is 15.1. The van der Waals surface area contributed by atoms with E-state index in [1.54, 1.807) is 0 Å². The van der Waals surface area contributed by atoms with Crippen LogP contribution in [-0.2, 0) is 9.59 Å². The van der Waals surface area contributed by atoms with Crippen molar-refractivity contribution in [3.63, 3.8) is 0 Å². The van der Waals surface area contributed by atoms with Crippen LogP contribution < -0.4 is 16.4 Å². The molecular formula is C15H23N3O2. The van der Waals surface area contributed by atoms with E-state index in [9.17, 15) is 9.59 Å². The highest BCUT2D eigenvalue weighted by Crippen LogP contribution is 2.18. The lowest BCUT2D eigenvalue weighted by Crippen LogP contribution is -2.43. The van der Waals surface area contributed by atoms with Gasteiger partial charge in [0.1, 0.15) is 0 Å². The normalized spacial score (nSPS) is 11.8. The minimum atomic E-state index is -0.548. The monoisotopic (exact) mass is 277 g/mol. The number of benzene rings is 1. The molecule has 2 amide bonds. The summed E-state index contributed by atoms with van der Waals surface area (Å²) in [5.41, 5.74) is 8.45. The lowest BCUT2D eigenvalue weighted by atomic mass is 10.1. The van der Waals surface area contributed by atoms with Gasteiger partial charge in [0, 0.05) is 5.69 Å². The van der Waals surface area contributed by atoms with Gasteiger partial charge in [-0.2, -0.15) is 0 Å². The first-order valence-corrected chi connectivity index (χ1v) is 6.85. The van der Waals surface area contributed by atoms with E-state index in [-0.39, 0.29) is 18.4 Å². The summed E-state index contributed by atoms with van der Waals surface area (Å²) in [5, 5.41) is 5.36. The Morgan fingerprint density at radius 2 is 1.85 bits per heavy atom. The second kappa shape index (κ2) is 7.65. The van der Waals surface area contributed by atoms with Crippen LogP contribution in [0, 0.1) is 13.8 Å². The van der Waals surface area contributed by atoms with Crippen LogP contribution in [0.2, 0.25) is 0 Å². The molecule has 0 aromatic heterocycles. The van der Waals surface area contributed by atoms with Gasteiger partial charge >= 0.3 is 0 Å². The minimum absolute atomic E-state index is 0.0655. The molecule has 0 aliphatic rings. The van der Waals surface area contributed by atoms with E-state index in [0.717, 1.165) is 23.2 Å². The van der Waals surface area contributed by atoms with Crippen molar-refractivity contribution in [1.82, 2.24) is 5.32 Å². The number of carbonyl (C=O) groups is 2. The summed E-state index contributed by atoms with van der Waals surface area (Å²) in [6, 6.07) is 5.25. The van der Waals surface area contributed by atoms with Crippen LogP contribution in [0.1, 0.15) is 30.9 Å². The number of amides is 2. The molecule has 1 atom stereocenters. The molecule has 5 nitrogen and oxygen atoms in total. The Labute approximate surface area is 119 Å². The van der Waals surface area contributed by atoms with Crippen molar-refractivity contribution in [3.05, 3.63) is 29.3 Å². The summed E-state index contributed by atoms with van der Waals surface area (Å²) in [4.78, 5) is 23.4. The second-order valence-corrected chi connectivity index (χ2v) is 4.93. The van der Waals surface area contributed by atoms with E-state index in [1.165, 1.54) is 0 Å². The van der Waals surface area contributed by atoms with Crippen LogP contribution in [-0.4, -0.2) is 24.4 Å². The first kappa shape index (κ1) is 16.2. The van der Waals surface area contributed by atoms with Crippen molar-refractivity contribution in [2.24, 2.45) is 5.73 Å². The maximum absolute atomic E-state index is 11.8. The minimum Gasteiger partial charge on any atom is -0.346 e. The maximum Gasteiger partial charge on any atom is 0.243 e. The van der Waals surface area contributed by atoms with Gasteiger partial charge in [-0.1, -0.05) is 31.5 Å². The highest BCUT2D eigenvalue weighted by molar-refractivity contribution is 5.96. The van der Waals surface area contributed by atoms with Crippen LogP contribution in [0.15, 0.2) is 18.2 Å². The van der Waals surface area contributed by atoms with Crippen molar-refractivity contribution >= 4 is 17.5 Å². The summed E-state index contributed by atoms with van der Waals surface area (Å²) < 4.78 is 0. The molecule has 0 saturated carbocycles. The Hall–Kier alpha value is -1.88. The number of anilines is 1. The van der Waals surface area contributed by atoms with Gasteiger partial charge in [-0.05, 0) is 31.4 Å². The number of hydrogen-bond acceptors (Lipinski definition) is 3. The van der Waals surface area contributed by atoms with E-state index in [1.807, 2.05) is 39.0 Å². The van der Waals surface area contributed by atoms with E-state index in [2.05, 4.69) is 10.6 Å². The Morgan fingerprint density at radius 1 is 1.25 bits per heavy atom. The number of nitrogens with two attached hydrogens (primary N) is 1. The van der Waals surface area contributed by atoms with Crippen LogP contribution in [0.25, 0.3) is 0 Å². The van der Waals surface area contributed by atoms with Crippen molar-refractivity contribution in [2.75, 3.05) is 11.9 Å². The molecule has 1 rings (SSSR count). The Morgan fingerprint density at radius 3 is 2.40 bits per heavy atom. The lowest BCUT2D eigenvalue weighted by molar-refractivity contribution is -0.125. The van der Waals surface area contributed by atoms with Gasteiger partial charge in [-0.25, -0.2) is 0 Å². The molecule has 1 aromatic rings. The molecule has 0 radical (unpaired) electrons. The average Bonchev–Trinajstić information content (AvgIpc) is 2.40. The highest BCUT2D eigenvalue weighted by Gasteiger charge is 2.13. The van der Waals surface area contributed by atoms with Gasteiger partial charge in [0.25, 0.3) is 0 Å². The van der Waals surface area contributed by atoms with E-state index >= 15 is 0 Å². The zero-order valence-corrected chi connectivity index (χ0v) is 12.3. The van der Waals surface area contributed by atoms with Gasteiger partial charge in [0.15, 0.2) is 0 Å². The van der Waals surface area contributed by atoms with Crippen molar-refractivity contribution < 1.29 is 9.59 Å². The molecular weight excluding hydrogens is 254 g/mol. The molecule has 0 fully saturated rings. The maximum atomic E-state index is 11.8. The average molecular weight is 277 g/mol. The van der Waals surface area contributed by atoms with Gasteiger partial charge in [0.2, 0.25) is 11.8 Å². The van der Waals surface area contributed by atoms with E-state index < -0.39 is 6.04 Å². The Balaban J connectivity index is 2.50. The largest absolute Gasteiger partial charge is 0.346 e. The van der Waals surface area contributed by atoms with Crippen molar-refractivity contribution in [3.8, 4) is 0 Å². The molecule has 20 heavy (non-hydrogen) atoms. The molecule has 110 valence electrons. The van der Waals surface area contributed by atoms with E-state index in [4.69, 9.17) is 5.73 Å². The van der Waals surface area contributed by atoms with Crippen LogP contribution in [0.5, 0.6) is 0 Å². The van der Waals surface area contributed by atoms with Crippen LogP contribution >= 0.6 is 0 Å². The molecule has 0 heterocycles. The summed E-state index contributed by atoms with van der Waals surface area (Å²) in [5.74, 6) is -0.539. The molecule has 0 spiro atoms. The van der Waals surface area contributed by atoms with Gasteiger partial charge in [0.05, 0.1) is 12.6 Å². The number of nitrogens with one attached hydrogen (secondary N) is 2. The third-order valence-electron chi connectivity index (χ3n) is 3.11. The van der Waals surface area contributed by atoms with E-state index in [0.29, 0.717) is 6.42 Å². The molecule has 1 aromatic carbocycles. The predicted molar refractivity (Wildman–Crippen MR) is 80.4 cm³/mol. The second-order valence-electron chi connectivity index (χ2n) is 4.93. The lowest BCUT2D eigenvalue weighted by Gasteiger charge is -2.13. The Kier molecular flexibility index (Phi) is 6.18. The predicted octanol–water partition coefficient (Wildman–Crippen LogP) is 1.49. The van der Waals surface area contributed by atoms with Crippen LogP contribution in [0.3, 0.4) is 0 Å². The summed E-state index contributed by atoms with van der Waals surface area (Å²) in [6.45, 7) is 5.75. The first-order chi connectivity index (χ1) is 9.45. The summed E-state index contributed by atoms with van der Waals surface area (Å²) in [7, 11) is 0. The zero-order valence-electron chi connectivity index (χ0n) is 12.3. The van der Waals surface area contributed by atoms with Crippen molar-refractivity contribution in [2.45, 2.75) is 39.7 Å². The number of aryl methyl sites for hydroxylation is 2. The van der Waals surface area contributed by atoms with Gasteiger partial charge in [-0.3, -0.25) is 9.59 Å². The van der Waals surface area contributed by atoms with Crippen molar-refractivity contribution in [1.29, 1.82) is 0 Å². The molecule has 4 N–H and O–H groups in total. The van der Waals surface area contributed by atoms with Gasteiger partial charge < -0.3 is 16.4 Å². The standard InChI is InChI=1S/C15H23N3O2/c1-4-6-12(16)15(20)17-9-13(19)18-14-10(2)7-5-8-11(14)3/h5,7-8,12H,4,6,9,16H2,1-3H3,(H,17,20)(H,18,19). The first-order valence-electron chi connectivity index (χ1n) is 6.85. The fourth-order valence-electron chi connectivity index (χ4n) is 1.94.